The van der Waals surface area contributed by atoms with E-state index in [4.69, 9.17) is 0 Å². The van der Waals surface area contributed by atoms with Crippen molar-refractivity contribution >= 4 is 5.95 Å². The number of anilines is 1. The van der Waals surface area contributed by atoms with Gasteiger partial charge in [-0.2, -0.15) is 0 Å². The maximum absolute atomic E-state index is 13.7. The van der Waals surface area contributed by atoms with Gasteiger partial charge in [0.15, 0.2) is 0 Å². The van der Waals surface area contributed by atoms with Crippen molar-refractivity contribution in [2.45, 2.75) is 38.1 Å². The zero-order valence-electron chi connectivity index (χ0n) is 9.05. The van der Waals surface area contributed by atoms with Gasteiger partial charge in [-0.15, -0.1) is 0 Å². The van der Waals surface area contributed by atoms with E-state index in [-0.39, 0.29) is 5.92 Å². The number of nitrogens with zero attached hydrogens (tertiary/aromatic N) is 3. The lowest BCUT2D eigenvalue weighted by atomic mass is 10.0. The van der Waals surface area contributed by atoms with Crippen LogP contribution in [0.3, 0.4) is 0 Å². The normalized spacial score (nSPS) is 33.9. The Hall–Kier alpha value is -1.30. The van der Waals surface area contributed by atoms with E-state index in [1.165, 1.54) is 12.7 Å². The van der Waals surface area contributed by atoms with Crippen molar-refractivity contribution in [2.24, 2.45) is 5.92 Å². The van der Waals surface area contributed by atoms with E-state index in [0.29, 0.717) is 12.4 Å². The Balaban J connectivity index is 2.01. The van der Waals surface area contributed by atoms with Gasteiger partial charge in [0.2, 0.25) is 5.95 Å². The molecule has 5 nitrogen and oxygen atoms in total. The quantitative estimate of drug-likeness (QED) is 0.797. The molecule has 0 unspecified atom stereocenters. The van der Waals surface area contributed by atoms with Gasteiger partial charge in [-0.25, -0.2) is 19.3 Å². The van der Waals surface area contributed by atoms with E-state index >= 15 is 0 Å². The minimum atomic E-state index is -1.26. The molecule has 1 aliphatic carbocycles. The number of aliphatic hydroxyl groups is 1. The van der Waals surface area contributed by atoms with Crippen LogP contribution in [0, 0.1) is 5.92 Å². The number of nitrogens with one attached hydrogen (secondary N) is 1. The number of hydrogen-bond donors (Lipinski definition) is 2. The summed E-state index contributed by atoms with van der Waals surface area (Å²) in [6, 6.07) is -0.414. The van der Waals surface area contributed by atoms with Crippen LogP contribution in [0.15, 0.2) is 12.7 Å². The molecule has 2 rings (SSSR count). The third kappa shape index (κ3) is 2.11. The van der Waals surface area contributed by atoms with Crippen molar-refractivity contribution in [3.63, 3.8) is 0 Å². The average molecular weight is 226 g/mol. The van der Waals surface area contributed by atoms with Crippen molar-refractivity contribution < 1.29 is 9.50 Å². The number of alkyl halides is 1. The van der Waals surface area contributed by atoms with Crippen LogP contribution in [0.5, 0.6) is 0 Å². The summed E-state index contributed by atoms with van der Waals surface area (Å²) in [5.41, 5.74) is 0. The number of rotatable bonds is 3. The molecule has 16 heavy (non-hydrogen) atoms. The Bertz CT molecular complexity index is 337. The first-order chi connectivity index (χ1) is 7.72. The second-order valence-corrected chi connectivity index (χ2v) is 4.05. The summed E-state index contributed by atoms with van der Waals surface area (Å²) in [4.78, 5) is 11.4. The molecule has 1 aliphatic rings. The summed E-state index contributed by atoms with van der Waals surface area (Å²) < 4.78 is 13.7. The molecular weight excluding hydrogens is 211 g/mol. The molecule has 1 aromatic rings. The van der Waals surface area contributed by atoms with Gasteiger partial charge in [-0.1, -0.05) is 13.3 Å². The van der Waals surface area contributed by atoms with E-state index < -0.39 is 18.3 Å². The van der Waals surface area contributed by atoms with Crippen LogP contribution in [0.2, 0.25) is 0 Å². The third-order valence-electron chi connectivity index (χ3n) is 3.08. The van der Waals surface area contributed by atoms with Crippen molar-refractivity contribution in [2.75, 3.05) is 5.32 Å². The molecule has 0 radical (unpaired) electrons. The van der Waals surface area contributed by atoms with Crippen molar-refractivity contribution in [1.29, 1.82) is 0 Å². The Labute approximate surface area is 93.1 Å². The fraction of sp³-hybridized carbons (Fsp3) is 0.700. The van der Waals surface area contributed by atoms with Gasteiger partial charge in [0.25, 0.3) is 0 Å². The first kappa shape index (κ1) is 11.2. The average Bonchev–Trinajstić information content (AvgIpc) is 2.58. The minimum absolute atomic E-state index is 0.00865. The molecule has 0 aromatic carbocycles. The highest BCUT2D eigenvalue weighted by Gasteiger charge is 2.42. The fourth-order valence-corrected chi connectivity index (χ4v) is 2.12. The Morgan fingerprint density at radius 1 is 1.50 bits per heavy atom. The third-order valence-corrected chi connectivity index (χ3v) is 3.08. The van der Waals surface area contributed by atoms with Crippen LogP contribution in [-0.2, 0) is 0 Å². The van der Waals surface area contributed by atoms with Gasteiger partial charge in [0.05, 0.1) is 12.1 Å². The van der Waals surface area contributed by atoms with Crippen molar-refractivity contribution in [1.82, 2.24) is 15.0 Å². The molecule has 1 heterocycles. The lowest BCUT2D eigenvalue weighted by Crippen LogP contribution is -2.32. The standard InChI is InChI=1S/C10H15FN4O/c1-2-6-3-7(8(11)9(6)16)15-10-13-4-12-5-14-10/h4-9,16H,2-3H2,1H3,(H,12,13,14,15)/t6-,7+,8-,9+/m0/s1. The molecular formula is C10H15FN4O. The van der Waals surface area contributed by atoms with Crippen LogP contribution in [0.1, 0.15) is 19.8 Å². The molecule has 0 aliphatic heterocycles. The van der Waals surface area contributed by atoms with Crippen LogP contribution in [0.4, 0.5) is 10.3 Å². The van der Waals surface area contributed by atoms with E-state index in [9.17, 15) is 9.50 Å². The molecule has 4 atom stereocenters. The minimum Gasteiger partial charge on any atom is -0.390 e. The van der Waals surface area contributed by atoms with Gasteiger partial charge in [-0.05, 0) is 12.3 Å². The molecule has 1 saturated carbocycles. The van der Waals surface area contributed by atoms with Gasteiger partial charge in [-0.3, -0.25) is 0 Å². The fourth-order valence-electron chi connectivity index (χ4n) is 2.12. The number of aliphatic hydroxyl groups excluding tert-OH is 1. The zero-order valence-corrected chi connectivity index (χ0v) is 9.05. The van der Waals surface area contributed by atoms with Crippen LogP contribution >= 0.6 is 0 Å². The SMILES string of the molecule is CC[C@H]1C[C@@H](Nc2ncncn2)[C@H](F)[C@@H]1O. The van der Waals surface area contributed by atoms with Gasteiger partial charge in [0.1, 0.15) is 18.8 Å². The van der Waals surface area contributed by atoms with Crippen molar-refractivity contribution in [3.05, 3.63) is 12.7 Å². The summed E-state index contributed by atoms with van der Waals surface area (Å²) in [5, 5.41) is 12.5. The molecule has 88 valence electrons. The summed E-state index contributed by atoms with van der Waals surface area (Å²) in [7, 11) is 0. The monoisotopic (exact) mass is 226 g/mol. The maximum Gasteiger partial charge on any atom is 0.225 e. The topological polar surface area (TPSA) is 70.9 Å². The van der Waals surface area contributed by atoms with E-state index in [0.717, 1.165) is 6.42 Å². The smallest absolute Gasteiger partial charge is 0.225 e. The second-order valence-electron chi connectivity index (χ2n) is 4.05. The highest BCUT2D eigenvalue weighted by Crippen LogP contribution is 2.32. The summed E-state index contributed by atoms with van der Waals surface area (Å²) >= 11 is 0. The second kappa shape index (κ2) is 4.69. The lowest BCUT2D eigenvalue weighted by molar-refractivity contribution is 0.0658. The highest BCUT2D eigenvalue weighted by atomic mass is 19.1. The first-order valence-electron chi connectivity index (χ1n) is 5.43. The molecule has 0 saturated heterocycles. The first-order valence-corrected chi connectivity index (χ1v) is 5.43. The van der Waals surface area contributed by atoms with Crippen LogP contribution < -0.4 is 5.32 Å². The van der Waals surface area contributed by atoms with Crippen LogP contribution in [0.25, 0.3) is 0 Å². The summed E-state index contributed by atoms with van der Waals surface area (Å²) in [6.45, 7) is 1.95. The summed E-state index contributed by atoms with van der Waals surface area (Å²) in [5.74, 6) is 0.362. The number of halogens is 1. The lowest BCUT2D eigenvalue weighted by Gasteiger charge is -2.15. The van der Waals surface area contributed by atoms with E-state index in [2.05, 4.69) is 20.3 Å². The summed E-state index contributed by atoms with van der Waals surface area (Å²) in [6.07, 6.45) is 1.93. The molecule has 0 bridgehead atoms. The van der Waals surface area contributed by atoms with E-state index in [1.807, 2.05) is 6.92 Å². The van der Waals surface area contributed by atoms with Crippen LogP contribution in [-0.4, -0.2) is 38.4 Å². The zero-order chi connectivity index (χ0) is 11.5. The van der Waals surface area contributed by atoms with Gasteiger partial charge < -0.3 is 10.4 Å². The predicted molar refractivity (Wildman–Crippen MR) is 56.5 cm³/mol. The number of aromatic nitrogens is 3. The number of hydrogen-bond acceptors (Lipinski definition) is 5. The molecule has 0 spiro atoms. The molecule has 2 N–H and O–H groups in total. The molecule has 1 fully saturated rings. The van der Waals surface area contributed by atoms with Gasteiger partial charge in [0, 0.05) is 0 Å². The molecule has 6 heteroatoms. The Kier molecular flexibility index (Phi) is 3.28. The largest absolute Gasteiger partial charge is 0.390 e. The van der Waals surface area contributed by atoms with Crippen molar-refractivity contribution in [3.8, 4) is 0 Å². The van der Waals surface area contributed by atoms with E-state index in [1.54, 1.807) is 0 Å². The predicted octanol–water partition coefficient (Wildman–Crippen LogP) is 0.781. The maximum atomic E-state index is 13.7. The molecule has 0 amide bonds. The molecule has 1 aromatic heterocycles. The highest BCUT2D eigenvalue weighted by molar-refractivity contribution is 5.25. The van der Waals surface area contributed by atoms with Gasteiger partial charge >= 0.3 is 0 Å². The Morgan fingerprint density at radius 2 is 2.19 bits per heavy atom. The Morgan fingerprint density at radius 3 is 2.75 bits per heavy atom.